The molecule has 120 valence electrons. The van der Waals surface area contributed by atoms with Gasteiger partial charge in [-0.05, 0) is 52.0 Å². The highest BCUT2D eigenvalue weighted by Gasteiger charge is 2.41. The molecule has 1 saturated carbocycles. The van der Waals surface area contributed by atoms with Crippen LogP contribution in [0.5, 0.6) is 0 Å². The maximum absolute atomic E-state index is 6.28. The van der Waals surface area contributed by atoms with Crippen LogP contribution in [0.15, 0.2) is 12.4 Å². The molecule has 1 fully saturated rings. The van der Waals surface area contributed by atoms with Crippen molar-refractivity contribution in [3.05, 3.63) is 18.2 Å². The maximum Gasteiger partial charge on any atom is 0.108 e. The summed E-state index contributed by atoms with van der Waals surface area (Å²) in [5.41, 5.74) is 0.0151. The van der Waals surface area contributed by atoms with E-state index in [1.807, 2.05) is 12.4 Å². The first-order chi connectivity index (χ1) is 10.1. The van der Waals surface area contributed by atoms with Gasteiger partial charge in [-0.1, -0.05) is 6.92 Å². The topological polar surface area (TPSA) is 39.1 Å². The molecule has 1 N–H and O–H groups in total. The van der Waals surface area contributed by atoms with Crippen molar-refractivity contribution in [3.8, 4) is 0 Å². The zero-order chi connectivity index (χ0) is 15.3. The first kappa shape index (κ1) is 16.5. The van der Waals surface area contributed by atoms with Crippen LogP contribution in [-0.4, -0.2) is 34.8 Å². The summed E-state index contributed by atoms with van der Waals surface area (Å²) in [6.07, 6.45) is 10.9. The quantitative estimate of drug-likeness (QED) is 0.840. The van der Waals surface area contributed by atoms with Crippen LogP contribution >= 0.6 is 0 Å². The van der Waals surface area contributed by atoms with E-state index in [1.165, 1.54) is 25.7 Å². The van der Waals surface area contributed by atoms with E-state index in [1.54, 1.807) is 0 Å². The van der Waals surface area contributed by atoms with Crippen LogP contribution in [0.2, 0.25) is 0 Å². The fraction of sp³-hybridized carbons (Fsp3) is 0.824. The van der Waals surface area contributed by atoms with Crippen LogP contribution in [0.1, 0.15) is 51.8 Å². The molecule has 0 spiro atoms. The number of likely N-dealkylation sites (N-methyl/N-ethyl adjacent to an activating group) is 1. The minimum Gasteiger partial charge on any atom is -0.374 e. The van der Waals surface area contributed by atoms with Crippen LogP contribution in [0.3, 0.4) is 0 Å². The highest BCUT2D eigenvalue weighted by molar-refractivity contribution is 4.99. The van der Waals surface area contributed by atoms with Crippen LogP contribution < -0.4 is 5.32 Å². The second kappa shape index (κ2) is 7.41. The van der Waals surface area contributed by atoms with E-state index < -0.39 is 0 Å². The molecule has 0 amide bonds. The van der Waals surface area contributed by atoms with E-state index in [0.29, 0.717) is 6.04 Å². The van der Waals surface area contributed by atoms with Crippen LogP contribution in [0, 0.1) is 5.92 Å². The monoisotopic (exact) mass is 293 g/mol. The Bertz CT molecular complexity index is 421. The minimum atomic E-state index is 0.0151. The van der Waals surface area contributed by atoms with Gasteiger partial charge in [-0.2, -0.15) is 0 Å². The molecule has 21 heavy (non-hydrogen) atoms. The lowest BCUT2D eigenvalue weighted by Crippen LogP contribution is -2.53. The molecule has 0 bridgehead atoms. The van der Waals surface area contributed by atoms with Gasteiger partial charge in [0.1, 0.15) is 5.82 Å². The van der Waals surface area contributed by atoms with Gasteiger partial charge in [0, 0.05) is 38.5 Å². The summed E-state index contributed by atoms with van der Waals surface area (Å²) >= 11 is 0. The molecule has 0 aromatic carbocycles. The van der Waals surface area contributed by atoms with E-state index in [2.05, 4.69) is 42.8 Å². The summed E-state index contributed by atoms with van der Waals surface area (Å²) in [5, 5.41) is 3.53. The lowest BCUT2D eigenvalue weighted by Gasteiger charge is -2.45. The number of nitrogens with zero attached hydrogens (tertiary/aromatic N) is 2. The summed E-state index contributed by atoms with van der Waals surface area (Å²) in [7, 11) is 4.14. The molecule has 1 aromatic heterocycles. The van der Waals surface area contributed by atoms with Crippen molar-refractivity contribution < 1.29 is 4.74 Å². The highest BCUT2D eigenvalue weighted by atomic mass is 16.5. The van der Waals surface area contributed by atoms with Crippen molar-refractivity contribution in [2.45, 2.75) is 64.0 Å². The van der Waals surface area contributed by atoms with Gasteiger partial charge in [-0.3, -0.25) is 0 Å². The smallest absolute Gasteiger partial charge is 0.108 e. The second-order valence-electron chi connectivity index (χ2n) is 6.51. The summed E-state index contributed by atoms with van der Waals surface area (Å²) < 4.78 is 8.40. The van der Waals surface area contributed by atoms with E-state index in [9.17, 15) is 0 Å². The number of hydrogen-bond acceptors (Lipinski definition) is 3. The van der Waals surface area contributed by atoms with Gasteiger partial charge in [-0.15, -0.1) is 0 Å². The number of rotatable bonds is 7. The second-order valence-corrected chi connectivity index (χ2v) is 6.51. The molecule has 1 atom stereocenters. The SMILES string of the molecule is CCOC1(C(CCc2nccn2C)NC)CCC(C)CC1. The molecule has 1 heterocycles. The summed E-state index contributed by atoms with van der Waals surface area (Å²) in [6.45, 7) is 5.28. The normalized spacial score (nSPS) is 27.7. The van der Waals surface area contributed by atoms with Crippen molar-refractivity contribution >= 4 is 0 Å². The standard InChI is InChI=1S/C17H31N3O/c1-5-21-17(10-8-14(2)9-11-17)15(18-3)6-7-16-19-12-13-20(16)4/h12-15,18H,5-11H2,1-4H3. The Morgan fingerprint density at radius 3 is 2.71 bits per heavy atom. The molecule has 0 saturated heterocycles. The number of nitrogens with one attached hydrogen (secondary N) is 1. The van der Waals surface area contributed by atoms with Gasteiger partial charge in [0.2, 0.25) is 0 Å². The van der Waals surface area contributed by atoms with Crippen molar-refractivity contribution in [2.75, 3.05) is 13.7 Å². The average molecular weight is 293 g/mol. The molecule has 1 aromatic rings. The fourth-order valence-corrected chi connectivity index (χ4v) is 3.71. The van der Waals surface area contributed by atoms with Gasteiger partial charge in [0.25, 0.3) is 0 Å². The third-order valence-electron chi connectivity index (χ3n) is 5.11. The van der Waals surface area contributed by atoms with Crippen LogP contribution in [-0.2, 0) is 18.2 Å². The van der Waals surface area contributed by atoms with Crippen molar-refractivity contribution in [1.29, 1.82) is 0 Å². The van der Waals surface area contributed by atoms with Crippen molar-refractivity contribution in [2.24, 2.45) is 13.0 Å². The number of aromatic nitrogens is 2. The first-order valence-corrected chi connectivity index (χ1v) is 8.38. The van der Waals surface area contributed by atoms with Crippen LogP contribution in [0.25, 0.3) is 0 Å². The van der Waals surface area contributed by atoms with E-state index >= 15 is 0 Å². The number of hydrogen-bond donors (Lipinski definition) is 1. The van der Waals surface area contributed by atoms with Crippen LogP contribution in [0.4, 0.5) is 0 Å². The molecular formula is C17H31N3O. The zero-order valence-corrected chi connectivity index (χ0v) is 14.1. The largest absolute Gasteiger partial charge is 0.374 e. The number of ether oxygens (including phenoxy) is 1. The Kier molecular flexibility index (Phi) is 5.82. The Balaban J connectivity index is 2.03. The van der Waals surface area contributed by atoms with Gasteiger partial charge >= 0.3 is 0 Å². The Morgan fingerprint density at radius 1 is 1.48 bits per heavy atom. The zero-order valence-electron chi connectivity index (χ0n) is 14.1. The predicted octanol–water partition coefficient (Wildman–Crippen LogP) is 2.93. The Morgan fingerprint density at radius 2 is 2.19 bits per heavy atom. The lowest BCUT2D eigenvalue weighted by molar-refractivity contribution is -0.0963. The minimum absolute atomic E-state index is 0.0151. The molecule has 1 aliphatic rings. The van der Waals surface area contributed by atoms with E-state index in [0.717, 1.165) is 31.2 Å². The Hall–Kier alpha value is -0.870. The molecule has 0 aliphatic heterocycles. The summed E-state index contributed by atoms with van der Waals surface area (Å²) in [4.78, 5) is 4.44. The van der Waals surface area contributed by atoms with Gasteiger partial charge < -0.3 is 14.6 Å². The third kappa shape index (κ3) is 3.86. The Labute approximate surface area is 129 Å². The maximum atomic E-state index is 6.28. The predicted molar refractivity (Wildman–Crippen MR) is 86.4 cm³/mol. The molecular weight excluding hydrogens is 262 g/mol. The molecule has 1 unspecified atom stereocenters. The first-order valence-electron chi connectivity index (χ1n) is 8.38. The van der Waals surface area contributed by atoms with Gasteiger partial charge in [-0.25, -0.2) is 4.98 Å². The van der Waals surface area contributed by atoms with E-state index in [-0.39, 0.29) is 5.60 Å². The molecule has 4 heteroatoms. The highest BCUT2D eigenvalue weighted by Crippen LogP contribution is 2.38. The van der Waals surface area contributed by atoms with Gasteiger partial charge in [0.05, 0.1) is 5.60 Å². The van der Waals surface area contributed by atoms with Crippen molar-refractivity contribution in [1.82, 2.24) is 14.9 Å². The number of aryl methyl sites for hydroxylation is 2. The van der Waals surface area contributed by atoms with E-state index in [4.69, 9.17) is 4.74 Å². The third-order valence-corrected chi connectivity index (χ3v) is 5.11. The van der Waals surface area contributed by atoms with Gasteiger partial charge in [0.15, 0.2) is 0 Å². The molecule has 0 radical (unpaired) electrons. The van der Waals surface area contributed by atoms with Crippen molar-refractivity contribution in [3.63, 3.8) is 0 Å². The fourth-order valence-electron chi connectivity index (χ4n) is 3.71. The summed E-state index contributed by atoms with van der Waals surface area (Å²) in [6, 6.07) is 0.404. The summed E-state index contributed by atoms with van der Waals surface area (Å²) in [5.74, 6) is 2.00. The molecule has 2 rings (SSSR count). The lowest BCUT2D eigenvalue weighted by atomic mass is 9.74. The molecule has 1 aliphatic carbocycles. The molecule has 4 nitrogen and oxygen atoms in total. The average Bonchev–Trinajstić information content (AvgIpc) is 2.88. The number of imidazole rings is 1.